The van der Waals surface area contributed by atoms with E-state index in [9.17, 15) is 4.79 Å². The van der Waals surface area contributed by atoms with Crippen molar-refractivity contribution in [3.63, 3.8) is 0 Å². The molecule has 3 aromatic rings. The molecule has 118 valence electrons. The van der Waals surface area contributed by atoms with Crippen LogP contribution in [0.3, 0.4) is 0 Å². The molecule has 2 heterocycles. The zero-order valence-electron chi connectivity index (χ0n) is 13.2. The van der Waals surface area contributed by atoms with Crippen LogP contribution in [0.5, 0.6) is 0 Å². The number of benzene rings is 1. The Morgan fingerprint density at radius 2 is 1.96 bits per heavy atom. The molecule has 4 nitrogen and oxygen atoms in total. The molecule has 0 aliphatic carbocycles. The average molecular weight is 325 g/mol. The number of aromatic nitrogens is 2. The molecule has 0 spiro atoms. The molecule has 1 N–H and O–H groups in total. The van der Waals surface area contributed by atoms with E-state index in [1.807, 2.05) is 60.7 Å². The second-order valence-corrected chi connectivity index (χ2v) is 6.46. The maximum atomic E-state index is 13.0. The summed E-state index contributed by atoms with van der Waals surface area (Å²) in [5.41, 5.74) is 5.57. The molecule has 0 aliphatic rings. The summed E-state index contributed by atoms with van der Waals surface area (Å²) in [6.45, 7) is 5.07. The van der Waals surface area contributed by atoms with E-state index in [0.717, 1.165) is 27.4 Å². The van der Waals surface area contributed by atoms with Gasteiger partial charge in [0.25, 0.3) is 5.91 Å². The first-order chi connectivity index (χ1) is 11.1. The molecule has 0 atom stereocenters. The first-order valence-corrected chi connectivity index (χ1v) is 8.39. The van der Waals surface area contributed by atoms with Gasteiger partial charge in [-0.3, -0.25) is 4.79 Å². The number of nitrogens with zero attached hydrogens (tertiary/aromatic N) is 2. The van der Waals surface area contributed by atoms with Crippen LogP contribution in [0, 0.1) is 13.8 Å². The third kappa shape index (κ3) is 3.51. The van der Waals surface area contributed by atoms with Crippen LogP contribution in [0.15, 0.2) is 48.1 Å². The van der Waals surface area contributed by atoms with Crippen LogP contribution in [0.4, 0.5) is 0 Å². The van der Waals surface area contributed by atoms with Crippen LogP contribution >= 0.6 is 11.3 Å². The van der Waals surface area contributed by atoms with Gasteiger partial charge >= 0.3 is 0 Å². The van der Waals surface area contributed by atoms with Crippen molar-refractivity contribution >= 4 is 17.2 Å². The van der Waals surface area contributed by atoms with Gasteiger partial charge in [-0.15, -0.1) is 11.3 Å². The molecule has 0 fully saturated rings. The van der Waals surface area contributed by atoms with Crippen molar-refractivity contribution in [1.82, 2.24) is 14.9 Å². The van der Waals surface area contributed by atoms with Gasteiger partial charge in [-0.25, -0.2) is 4.98 Å². The Morgan fingerprint density at radius 3 is 2.57 bits per heavy atom. The van der Waals surface area contributed by atoms with E-state index < -0.39 is 0 Å². The normalized spacial score (nSPS) is 10.7. The maximum absolute atomic E-state index is 13.0. The number of carbonyl (C=O) groups excluding carboxylic acids is 1. The molecular weight excluding hydrogens is 306 g/mol. The summed E-state index contributed by atoms with van der Waals surface area (Å²) in [6, 6.07) is 11.9. The van der Waals surface area contributed by atoms with Crippen LogP contribution in [0.2, 0.25) is 0 Å². The number of hydrogen-bond donors (Lipinski definition) is 1. The number of H-pyrrole nitrogens is 1. The lowest BCUT2D eigenvalue weighted by atomic mass is 10.1. The fourth-order valence-electron chi connectivity index (χ4n) is 2.51. The third-order valence-electron chi connectivity index (χ3n) is 3.87. The zero-order valence-corrected chi connectivity index (χ0v) is 14.1. The number of carbonyl (C=O) groups is 1. The molecule has 2 aromatic heterocycles. The molecule has 1 aromatic carbocycles. The minimum absolute atomic E-state index is 0.0420. The minimum atomic E-state index is 0.0420. The van der Waals surface area contributed by atoms with E-state index in [0.29, 0.717) is 13.1 Å². The summed E-state index contributed by atoms with van der Waals surface area (Å²) < 4.78 is 0. The van der Waals surface area contributed by atoms with E-state index in [2.05, 4.69) is 9.97 Å². The Balaban J connectivity index is 1.88. The molecule has 0 radical (unpaired) electrons. The van der Waals surface area contributed by atoms with Crippen LogP contribution in [-0.2, 0) is 13.1 Å². The van der Waals surface area contributed by atoms with Gasteiger partial charge in [0.2, 0.25) is 0 Å². The average Bonchev–Trinajstić information content (AvgIpc) is 3.16. The van der Waals surface area contributed by atoms with E-state index in [-0.39, 0.29) is 5.91 Å². The molecule has 0 saturated carbocycles. The van der Waals surface area contributed by atoms with Gasteiger partial charge in [-0.2, -0.15) is 0 Å². The van der Waals surface area contributed by atoms with E-state index in [1.54, 1.807) is 17.5 Å². The fourth-order valence-corrected chi connectivity index (χ4v) is 3.30. The fraction of sp³-hybridized carbons (Fsp3) is 0.222. The number of aryl methyl sites for hydroxylation is 2. The molecule has 1 amide bonds. The van der Waals surface area contributed by atoms with E-state index >= 15 is 0 Å². The highest BCUT2D eigenvalue weighted by molar-refractivity contribution is 7.09. The molecule has 23 heavy (non-hydrogen) atoms. The van der Waals surface area contributed by atoms with Crippen LogP contribution in [-0.4, -0.2) is 20.8 Å². The smallest absolute Gasteiger partial charge is 0.256 e. The summed E-state index contributed by atoms with van der Waals surface area (Å²) in [4.78, 5) is 23.3. The lowest BCUT2D eigenvalue weighted by Crippen LogP contribution is -2.30. The van der Waals surface area contributed by atoms with Gasteiger partial charge in [0, 0.05) is 23.3 Å². The number of thiazole rings is 1. The molecule has 0 aliphatic heterocycles. The van der Waals surface area contributed by atoms with Crippen molar-refractivity contribution in [2.75, 3.05) is 0 Å². The Morgan fingerprint density at radius 1 is 1.17 bits per heavy atom. The highest BCUT2D eigenvalue weighted by Gasteiger charge is 2.20. The van der Waals surface area contributed by atoms with E-state index in [4.69, 9.17) is 0 Å². The summed E-state index contributed by atoms with van der Waals surface area (Å²) in [6.07, 6.45) is 1.81. The molecule has 0 saturated heterocycles. The summed E-state index contributed by atoms with van der Waals surface area (Å²) >= 11 is 1.59. The topological polar surface area (TPSA) is 49.0 Å². The van der Waals surface area contributed by atoms with Crippen molar-refractivity contribution in [1.29, 1.82) is 0 Å². The number of hydrogen-bond acceptors (Lipinski definition) is 3. The van der Waals surface area contributed by atoms with Gasteiger partial charge in [0.1, 0.15) is 0 Å². The lowest BCUT2D eigenvalue weighted by Gasteiger charge is -2.22. The molecular formula is C18H19N3OS. The Labute approximate surface area is 139 Å². The quantitative estimate of drug-likeness (QED) is 0.772. The summed E-state index contributed by atoms with van der Waals surface area (Å²) in [5.74, 6) is 0.0420. The van der Waals surface area contributed by atoms with Gasteiger partial charge in [-0.1, -0.05) is 30.3 Å². The maximum Gasteiger partial charge on any atom is 0.256 e. The van der Waals surface area contributed by atoms with Gasteiger partial charge in [0.05, 0.1) is 23.3 Å². The summed E-state index contributed by atoms with van der Waals surface area (Å²) in [5, 5.41) is 0. The first kappa shape index (κ1) is 15.5. The molecule has 5 heteroatoms. The number of nitrogens with one attached hydrogen (secondary N) is 1. The number of rotatable bonds is 5. The Hall–Kier alpha value is -2.40. The van der Waals surface area contributed by atoms with Gasteiger partial charge in [0.15, 0.2) is 0 Å². The number of aromatic amines is 1. The van der Waals surface area contributed by atoms with E-state index in [1.165, 1.54) is 0 Å². The number of amides is 1. The van der Waals surface area contributed by atoms with Gasteiger partial charge in [-0.05, 0) is 25.5 Å². The van der Waals surface area contributed by atoms with Gasteiger partial charge < -0.3 is 9.88 Å². The molecule has 0 bridgehead atoms. The Bertz CT molecular complexity index is 791. The van der Waals surface area contributed by atoms with Crippen molar-refractivity contribution < 1.29 is 4.79 Å². The zero-order chi connectivity index (χ0) is 16.2. The van der Waals surface area contributed by atoms with Crippen molar-refractivity contribution in [2.24, 2.45) is 0 Å². The van der Waals surface area contributed by atoms with Crippen LogP contribution < -0.4 is 0 Å². The van der Waals surface area contributed by atoms with Crippen LogP contribution in [0.25, 0.3) is 0 Å². The molecule has 3 rings (SSSR count). The van der Waals surface area contributed by atoms with Crippen molar-refractivity contribution in [3.05, 3.63) is 75.5 Å². The first-order valence-electron chi connectivity index (χ1n) is 7.51. The highest BCUT2D eigenvalue weighted by atomic mass is 32.1. The predicted molar refractivity (Wildman–Crippen MR) is 92.4 cm³/mol. The summed E-state index contributed by atoms with van der Waals surface area (Å²) in [7, 11) is 0. The standard InChI is InChI=1S/C18H19N3OS/c1-13-16(8-9-19-13)18(22)21(10-15-6-4-3-5-7-15)11-17-14(2)20-12-23-17/h3-9,12,19H,10-11H2,1-2H3. The third-order valence-corrected chi connectivity index (χ3v) is 4.79. The largest absolute Gasteiger partial charge is 0.365 e. The Kier molecular flexibility index (Phi) is 4.57. The highest BCUT2D eigenvalue weighted by Crippen LogP contribution is 2.20. The predicted octanol–water partition coefficient (Wildman–Crippen LogP) is 3.93. The second-order valence-electron chi connectivity index (χ2n) is 5.52. The second kappa shape index (κ2) is 6.79. The van der Waals surface area contributed by atoms with Crippen LogP contribution in [0.1, 0.15) is 32.2 Å². The van der Waals surface area contributed by atoms with Crippen molar-refractivity contribution in [3.8, 4) is 0 Å². The van der Waals surface area contributed by atoms with Crippen molar-refractivity contribution in [2.45, 2.75) is 26.9 Å². The monoisotopic (exact) mass is 325 g/mol. The SMILES string of the molecule is Cc1ncsc1CN(Cc1ccccc1)C(=O)c1cc[nH]c1C. The molecule has 0 unspecified atom stereocenters. The lowest BCUT2D eigenvalue weighted by molar-refractivity contribution is 0.0731. The minimum Gasteiger partial charge on any atom is -0.365 e.